The molecule has 0 amide bonds. The predicted octanol–water partition coefficient (Wildman–Crippen LogP) is 3.62. The van der Waals surface area contributed by atoms with Crippen molar-refractivity contribution in [2.45, 2.75) is 26.9 Å². The summed E-state index contributed by atoms with van der Waals surface area (Å²) in [6, 6.07) is 13.3. The highest BCUT2D eigenvalue weighted by Gasteiger charge is 2.11. The van der Waals surface area contributed by atoms with Gasteiger partial charge in [0.15, 0.2) is 0 Å². The molecular weight excluding hydrogens is 251 g/mol. The zero-order valence-corrected chi connectivity index (χ0v) is 12.1. The van der Waals surface area contributed by atoms with E-state index >= 15 is 0 Å². The minimum Gasteiger partial charge on any atom is -0.367 e. The molecule has 0 unspecified atom stereocenters. The Kier molecular flexibility index (Phi) is 4.74. The SMILES string of the molecule is CCN(Cc1cc(CN)ccc1F)c1ccccc1C. The Balaban J connectivity index is 2.29. The van der Waals surface area contributed by atoms with Gasteiger partial charge in [-0.25, -0.2) is 4.39 Å². The quantitative estimate of drug-likeness (QED) is 0.900. The average Bonchev–Trinajstić information content (AvgIpc) is 2.47. The maximum absolute atomic E-state index is 14.0. The summed E-state index contributed by atoms with van der Waals surface area (Å²) >= 11 is 0. The van der Waals surface area contributed by atoms with Crippen molar-refractivity contribution in [3.63, 3.8) is 0 Å². The van der Waals surface area contributed by atoms with E-state index in [4.69, 9.17) is 5.73 Å². The number of hydrogen-bond donors (Lipinski definition) is 1. The maximum atomic E-state index is 14.0. The van der Waals surface area contributed by atoms with Gasteiger partial charge in [0.2, 0.25) is 0 Å². The van der Waals surface area contributed by atoms with Gasteiger partial charge in [-0.15, -0.1) is 0 Å². The van der Waals surface area contributed by atoms with Gasteiger partial charge in [-0.2, -0.15) is 0 Å². The van der Waals surface area contributed by atoms with Gasteiger partial charge in [0.05, 0.1) is 0 Å². The van der Waals surface area contributed by atoms with Crippen LogP contribution in [0.2, 0.25) is 0 Å². The molecule has 0 spiro atoms. The van der Waals surface area contributed by atoms with Crippen molar-refractivity contribution in [3.05, 3.63) is 65.0 Å². The van der Waals surface area contributed by atoms with Crippen LogP contribution >= 0.6 is 0 Å². The molecule has 0 heterocycles. The van der Waals surface area contributed by atoms with Crippen LogP contribution in [0.25, 0.3) is 0 Å². The lowest BCUT2D eigenvalue weighted by molar-refractivity contribution is 0.604. The first-order chi connectivity index (χ1) is 9.65. The Bertz CT molecular complexity index is 581. The van der Waals surface area contributed by atoms with E-state index in [2.05, 4.69) is 30.9 Å². The molecular formula is C17H21FN2. The summed E-state index contributed by atoms with van der Waals surface area (Å²) < 4.78 is 14.0. The number of rotatable bonds is 5. The third-order valence-electron chi connectivity index (χ3n) is 3.54. The van der Waals surface area contributed by atoms with Crippen LogP contribution in [0, 0.1) is 12.7 Å². The molecule has 0 aliphatic rings. The summed E-state index contributed by atoms with van der Waals surface area (Å²) in [5.41, 5.74) is 9.63. The lowest BCUT2D eigenvalue weighted by Gasteiger charge is -2.25. The van der Waals surface area contributed by atoms with Gasteiger partial charge in [0.1, 0.15) is 5.82 Å². The van der Waals surface area contributed by atoms with Crippen LogP contribution in [0.5, 0.6) is 0 Å². The van der Waals surface area contributed by atoms with E-state index in [0.717, 1.165) is 17.8 Å². The molecule has 0 radical (unpaired) electrons. The topological polar surface area (TPSA) is 29.3 Å². The van der Waals surface area contributed by atoms with Gasteiger partial charge in [-0.1, -0.05) is 24.3 Å². The van der Waals surface area contributed by atoms with Gasteiger partial charge in [-0.05, 0) is 43.2 Å². The van der Waals surface area contributed by atoms with E-state index in [-0.39, 0.29) is 5.82 Å². The van der Waals surface area contributed by atoms with Gasteiger partial charge in [0.25, 0.3) is 0 Å². The van der Waals surface area contributed by atoms with Crippen LogP contribution in [-0.2, 0) is 13.1 Å². The number of anilines is 1. The Morgan fingerprint density at radius 2 is 1.90 bits per heavy atom. The lowest BCUT2D eigenvalue weighted by atomic mass is 10.1. The largest absolute Gasteiger partial charge is 0.367 e. The molecule has 0 saturated heterocycles. The molecule has 0 aliphatic carbocycles. The molecule has 20 heavy (non-hydrogen) atoms. The van der Waals surface area contributed by atoms with E-state index in [1.165, 1.54) is 11.6 Å². The molecule has 0 saturated carbocycles. The van der Waals surface area contributed by atoms with Gasteiger partial charge in [0, 0.05) is 30.9 Å². The number of benzene rings is 2. The van der Waals surface area contributed by atoms with Crippen molar-refractivity contribution >= 4 is 5.69 Å². The highest BCUT2D eigenvalue weighted by Crippen LogP contribution is 2.22. The van der Waals surface area contributed by atoms with Crippen molar-refractivity contribution < 1.29 is 4.39 Å². The first-order valence-corrected chi connectivity index (χ1v) is 6.93. The van der Waals surface area contributed by atoms with E-state index < -0.39 is 0 Å². The molecule has 2 nitrogen and oxygen atoms in total. The highest BCUT2D eigenvalue weighted by molar-refractivity contribution is 5.53. The summed E-state index contributed by atoms with van der Waals surface area (Å²) in [7, 11) is 0. The first kappa shape index (κ1) is 14.5. The zero-order valence-electron chi connectivity index (χ0n) is 12.1. The number of nitrogens with zero attached hydrogens (tertiary/aromatic N) is 1. The first-order valence-electron chi connectivity index (χ1n) is 6.93. The number of hydrogen-bond acceptors (Lipinski definition) is 2. The normalized spacial score (nSPS) is 10.6. The maximum Gasteiger partial charge on any atom is 0.128 e. The fraction of sp³-hybridized carbons (Fsp3) is 0.294. The fourth-order valence-electron chi connectivity index (χ4n) is 2.37. The Morgan fingerprint density at radius 3 is 2.55 bits per heavy atom. The summed E-state index contributed by atoms with van der Waals surface area (Å²) in [5.74, 6) is -0.172. The predicted molar refractivity (Wildman–Crippen MR) is 82.2 cm³/mol. The number of halogens is 1. The summed E-state index contributed by atoms with van der Waals surface area (Å²) in [4.78, 5) is 2.17. The van der Waals surface area contributed by atoms with Crippen molar-refractivity contribution in [1.29, 1.82) is 0 Å². The molecule has 0 aliphatic heterocycles. The zero-order chi connectivity index (χ0) is 14.5. The minimum absolute atomic E-state index is 0.172. The van der Waals surface area contributed by atoms with Crippen LogP contribution in [-0.4, -0.2) is 6.54 Å². The van der Waals surface area contributed by atoms with E-state index in [1.54, 1.807) is 6.07 Å². The Morgan fingerprint density at radius 1 is 1.15 bits per heavy atom. The van der Waals surface area contributed by atoms with Gasteiger partial charge < -0.3 is 10.6 Å². The summed E-state index contributed by atoms with van der Waals surface area (Å²) in [6.45, 7) is 5.98. The van der Waals surface area contributed by atoms with Crippen LogP contribution in [0.4, 0.5) is 10.1 Å². The average molecular weight is 272 g/mol. The number of nitrogens with two attached hydrogens (primary N) is 1. The highest BCUT2D eigenvalue weighted by atomic mass is 19.1. The number of aryl methyl sites for hydroxylation is 1. The molecule has 0 aromatic heterocycles. The second kappa shape index (κ2) is 6.53. The second-order valence-electron chi connectivity index (χ2n) is 4.93. The molecule has 2 aromatic carbocycles. The lowest BCUT2D eigenvalue weighted by Crippen LogP contribution is -2.23. The second-order valence-corrected chi connectivity index (χ2v) is 4.93. The summed E-state index contributed by atoms with van der Waals surface area (Å²) in [5, 5.41) is 0. The fourth-order valence-corrected chi connectivity index (χ4v) is 2.37. The van der Waals surface area contributed by atoms with E-state index in [0.29, 0.717) is 18.7 Å². The molecule has 2 aromatic rings. The van der Waals surface area contributed by atoms with E-state index in [1.807, 2.05) is 18.2 Å². The molecule has 0 fully saturated rings. The molecule has 2 N–H and O–H groups in total. The number of para-hydroxylation sites is 1. The van der Waals surface area contributed by atoms with Crippen molar-refractivity contribution in [2.75, 3.05) is 11.4 Å². The van der Waals surface area contributed by atoms with Crippen molar-refractivity contribution in [3.8, 4) is 0 Å². The van der Waals surface area contributed by atoms with Crippen LogP contribution in [0.1, 0.15) is 23.6 Å². The standard InChI is InChI=1S/C17H21FN2/c1-3-20(17-7-5-4-6-13(17)2)12-15-10-14(11-19)8-9-16(15)18/h4-10H,3,11-12,19H2,1-2H3. The molecule has 0 atom stereocenters. The van der Waals surface area contributed by atoms with Crippen LogP contribution in [0.3, 0.4) is 0 Å². The monoisotopic (exact) mass is 272 g/mol. The van der Waals surface area contributed by atoms with Gasteiger partial charge in [-0.3, -0.25) is 0 Å². The third-order valence-corrected chi connectivity index (χ3v) is 3.54. The van der Waals surface area contributed by atoms with Crippen LogP contribution in [0.15, 0.2) is 42.5 Å². The minimum atomic E-state index is -0.172. The van der Waals surface area contributed by atoms with E-state index in [9.17, 15) is 4.39 Å². The molecule has 2 rings (SSSR count). The molecule has 106 valence electrons. The smallest absolute Gasteiger partial charge is 0.128 e. The third kappa shape index (κ3) is 3.17. The molecule has 0 bridgehead atoms. The molecule has 3 heteroatoms. The Labute approximate surface area is 120 Å². The van der Waals surface area contributed by atoms with Crippen molar-refractivity contribution in [1.82, 2.24) is 0 Å². The Hall–Kier alpha value is -1.87. The summed E-state index contributed by atoms with van der Waals surface area (Å²) in [6.07, 6.45) is 0. The van der Waals surface area contributed by atoms with Gasteiger partial charge >= 0.3 is 0 Å². The van der Waals surface area contributed by atoms with Crippen molar-refractivity contribution in [2.24, 2.45) is 5.73 Å². The van der Waals surface area contributed by atoms with Crippen LogP contribution < -0.4 is 10.6 Å².